The molecule has 0 spiro atoms. The molecule has 3 aromatic carbocycles. The maximum Gasteiger partial charge on any atom is 0.257 e. The van der Waals surface area contributed by atoms with Crippen molar-refractivity contribution in [2.24, 2.45) is 0 Å². The number of nitrogens with one attached hydrogen (secondary N) is 2. The van der Waals surface area contributed by atoms with E-state index in [4.69, 9.17) is 4.42 Å². The van der Waals surface area contributed by atoms with E-state index < -0.39 is 0 Å². The number of nitrogens with zero attached hydrogens (tertiary/aromatic N) is 1. The van der Waals surface area contributed by atoms with Crippen LogP contribution >= 0.6 is 11.8 Å². The van der Waals surface area contributed by atoms with E-state index in [2.05, 4.69) is 15.6 Å². The zero-order valence-electron chi connectivity index (χ0n) is 16.9. The summed E-state index contributed by atoms with van der Waals surface area (Å²) in [5.74, 6) is 0.130. The minimum Gasteiger partial charge on any atom is -0.431 e. The normalized spacial score (nSPS) is 10.7. The summed E-state index contributed by atoms with van der Waals surface area (Å²) in [5, 5.41) is 6.21. The second-order valence-electron chi connectivity index (χ2n) is 6.79. The first-order valence-corrected chi connectivity index (χ1v) is 10.9. The molecular weight excluding hydrogens is 410 g/mol. The lowest BCUT2D eigenvalue weighted by atomic mass is 10.1. The highest BCUT2D eigenvalue weighted by Crippen LogP contribution is 2.27. The molecule has 31 heavy (non-hydrogen) atoms. The van der Waals surface area contributed by atoms with Gasteiger partial charge in [-0.15, -0.1) is 0 Å². The third-order valence-corrected chi connectivity index (χ3v) is 5.48. The molecule has 156 valence electrons. The molecule has 0 aliphatic rings. The zero-order valence-corrected chi connectivity index (χ0v) is 17.7. The smallest absolute Gasteiger partial charge is 0.257 e. The van der Waals surface area contributed by atoms with E-state index in [0.717, 1.165) is 16.7 Å². The Morgan fingerprint density at radius 3 is 2.61 bits per heavy atom. The van der Waals surface area contributed by atoms with Gasteiger partial charge in [-0.3, -0.25) is 9.59 Å². The number of benzene rings is 3. The van der Waals surface area contributed by atoms with Gasteiger partial charge in [-0.2, -0.15) is 0 Å². The highest BCUT2D eigenvalue weighted by Gasteiger charge is 2.14. The van der Waals surface area contributed by atoms with Crippen molar-refractivity contribution in [3.8, 4) is 0 Å². The molecule has 0 aliphatic carbocycles. The largest absolute Gasteiger partial charge is 0.431 e. The Kier molecular flexibility index (Phi) is 6.33. The van der Waals surface area contributed by atoms with Gasteiger partial charge in [0.15, 0.2) is 5.58 Å². The van der Waals surface area contributed by atoms with E-state index in [-0.39, 0.29) is 11.8 Å². The Balaban J connectivity index is 1.48. The van der Waals surface area contributed by atoms with E-state index in [1.54, 1.807) is 30.3 Å². The van der Waals surface area contributed by atoms with Gasteiger partial charge in [0.25, 0.3) is 17.0 Å². The zero-order chi connectivity index (χ0) is 21.6. The number of oxazole rings is 1. The average molecular weight is 432 g/mol. The van der Waals surface area contributed by atoms with Crippen molar-refractivity contribution in [1.29, 1.82) is 0 Å². The summed E-state index contributed by atoms with van der Waals surface area (Å²) < 4.78 is 5.75. The van der Waals surface area contributed by atoms with Crippen LogP contribution in [0.25, 0.3) is 11.1 Å². The molecule has 4 rings (SSSR count). The first kappa shape index (κ1) is 20.7. The van der Waals surface area contributed by atoms with Crippen molar-refractivity contribution in [3.05, 3.63) is 89.5 Å². The number of hydrogen-bond donors (Lipinski definition) is 2. The van der Waals surface area contributed by atoms with Crippen LogP contribution in [-0.4, -0.2) is 23.3 Å². The van der Waals surface area contributed by atoms with Crippen LogP contribution in [-0.2, 0) is 5.75 Å². The lowest BCUT2D eigenvalue weighted by Gasteiger charge is -2.10. The van der Waals surface area contributed by atoms with Gasteiger partial charge in [0.2, 0.25) is 0 Å². The van der Waals surface area contributed by atoms with E-state index in [1.165, 1.54) is 11.8 Å². The van der Waals surface area contributed by atoms with E-state index >= 15 is 0 Å². The number of aromatic nitrogens is 1. The second kappa shape index (κ2) is 9.49. The molecule has 0 fully saturated rings. The number of para-hydroxylation sites is 2. The Labute approximate surface area is 184 Å². The number of anilines is 1. The molecule has 2 N–H and O–H groups in total. The lowest BCUT2D eigenvalue weighted by Crippen LogP contribution is -2.22. The van der Waals surface area contributed by atoms with Crippen molar-refractivity contribution >= 4 is 40.4 Å². The van der Waals surface area contributed by atoms with Crippen LogP contribution in [0.5, 0.6) is 0 Å². The molecule has 0 bridgehead atoms. The summed E-state index contributed by atoms with van der Waals surface area (Å²) in [4.78, 5) is 29.5. The number of fused-ring (bicyclic) bond motifs is 1. The Morgan fingerprint density at radius 2 is 1.77 bits per heavy atom. The number of carbonyl (C=O) groups excluding carboxylic acids is 2. The maximum absolute atomic E-state index is 12.9. The van der Waals surface area contributed by atoms with Crippen molar-refractivity contribution in [2.45, 2.75) is 17.9 Å². The van der Waals surface area contributed by atoms with E-state index in [1.807, 2.05) is 49.4 Å². The van der Waals surface area contributed by atoms with Gasteiger partial charge in [0.05, 0.1) is 0 Å². The molecule has 0 unspecified atom stereocenters. The standard InChI is InChI=1S/C24H21N3O3S/c1-2-25-22(28)16-9-7-10-18(14-16)26-23(29)19-11-4-3-8-17(19)15-31-24-27-20-12-5-6-13-21(20)30-24/h3-14H,2,15H2,1H3,(H,25,28)(H,26,29). The molecule has 0 aliphatic heterocycles. The molecule has 0 atom stereocenters. The van der Waals surface area contributed by atoms with Crippen LogP contribution in [0.1, 0.15) is 33.2 Å². The first-order valence-electron chi connectivity index (χ1n) is 9.90. The molecule has 1 aromatic heterocycles. The van der Waals surface area contributed by atoms with E-state index in [9.17, 15) is 9.59 Å². The number of hydrogen-bond acceptors (Lipinski definition) is 5. The molecule has 7 heteroatoms. The quantitative estimate of drug-likeness (QED) is 0.397. The fourth-order valence-electron chi connectivity index (χ4n) is 3.12. The Hall–Kier alpha value is -3.58. The number of carbonyl (C=O) groups is 2. The van der Waals surface area contributed by atoms with Crippen LogP contribution in [0.3, 0.4) is 0 Å². The third-order valence-electron chi connectivity index (χ3n) is 4.61. The van der Waals surface area contributed by atoms with Crippen molar-refractivity contribution in [1.82, 2.24) is 10.3 Å². The molecule has 0 saturated carbocycles. The molecule has 0 saturated heterocycles. The van der Waals surface area contributed by atoms with Crippen LogP contribution < -0.4 is 10.6 Å². The van der Waals surface area contributed by atoms with Gasteiger partial charge in [0, 0.05) is 29.1 Å². The van der Waals surface area contributed by atoms with Crippen molar-refractivity contribution < 1.29 is 14.0 Å². The molecule has 1 heterocycles. The summed E-state index contributed by atoms with van der Waals surface area (Å²) >= 11 is 1.44. The van der Waals surface area contributed by atoms with Crippen molar-refractivity contribution in [2.75, 3.05) is 11.9 Å². The number of thioether (sulfide) groups is 1. The van der Waals surface area contributed by atoms with Gasteiger partial charge < -0.3 is 15.1 Å². The molecule has 4 aromatic rings. The number of amides is 2. The van der Waals surface area contributed by atoms with Crippen molar-refractivity contribution in [3.63, 3.8) is 0 Å². The topological polar surface area (TPSA) is 84.2 Å². The van der Waals surface area contributed by atoms with Gasteiger partial charge in [-0.05, 0) is 48.9 Å². The van der Waals surface area contributed by atoms with Gasteiger partial charge in [-0.1, -0.05) is 48.2 Å². The summed E-state index contributed by atoms with van der Waals surface area (Å²) in [6.07, 6.45) is 0. The summed E-state index contributed by atoms with van der Waals surface area (Å²) in [7, 11) is 0. The predicted molar refractivity (Wildman–Crippen MR) is 122 cm³/mol. The highest BCUT2D eigenvalue weighted by molar-refractivity contribution is 7.98. The fraction of sp³-hybridized carbons (Fsp3) is 0.125. The van der Waals surface area contributed by atoms with Gasteiger partial charge >= 0.3 is 0 Å². The summed E-state index contributed by atoms with van der Waals surface area (Å²) in [5.41, 5.74) is 4.04. The highest BCUT2D eigenvalue weighted by atomic mass is 32.2. The molecule has 2 amide bonds. The molecule has 0 radical (unpaired) electrons. The van der Waals surface area contributed by atoms with Gasteiger partial charge in [-0.25, -0.2) is 4.98 Å². The van der Waals surface area contributed by atoms with Crippen LogP contribution in [0, 0.1) is 0 Å². The van der Waals surface area contributed by atoms with Gasteiger partial charge in [0.1, 0.15) is 5.52 Å². The predicted octanol–water partition coefficient (Wildman–Crippen LogP) is 5.12. The van der Waals surface area contributed by atoms with Crippen LogP contribution in [0.2, 0.25) is 0 Å². The molecular formula is C24H21N3O3S. The minimum atomic E-state index is -0.234. The van der Waals surface area contributed by atoms with Crippen LogP contribution in [0.4, 0.5) is 5.69 Å². The monoisotopic (exact) mass is 431 g/mol. The third kappa shape index (κ3) is 4.95. The summed E-state index contributed by atoms with van der Waals surface area (Å²) in [6, 6.07) is 21.9. The Bertz CT molecular complexity index is 1200. The molecule has 6 nitrogen and oxygen atoms in total. The second-order valence-corrected chi connectivity index (χ2v) is 7.71. The number of rotatable bonds is 7. The SMILES string of the molecule is CCNC(=O)c1cccc(NC(=O)c2ccccc2CSc2nc3ccccc3o2)c1. The minimum absolute atomic E-state index is 0.172. The average Bonchev–Trinajstić information content (AvgIpc) is 3.21. The van der Waals surface area contributed by atoms with Crippen LogP contribution in [0.15, 0.2) is 82.4 Å². The Morgan fingerprint density at radius 1 is 0.968 bits per heavy atom. The maximum atomic E-state index is 12.9. The first-order chi connectivity index (χ1) is 15.1. The lowest BCUT2D eigenvalue weighted by molar-refractivity contribution is 0.0954. The van der Waals surface area contributed by atoms with E-state index in [0.29, 0.717) is 34.3 Å². The summed E-state index contributed by atoms with van der Waals surface area (Å²) in [6.45, 7) is 2.40. The fourth-order valence-corrected chi connectivity index (χ4v) is 3.96.